The predicted octanol–water partition coefficient (Wildman–Crippen LogP) is 2.51. The maximum absolute atomic E-state index is 5.62. The zero-order valence-corrected chi connectivity index (χ0v) is 18.3. The van der Waals surface area contributed by atoms with Gasteiger partial charge in [0.2, 0.25) is 0 Å². The maximum atomic E-state index is 5.62. The van der Waals surface area contributed by atoms with E-state index in [0.29, 0.717) is 12.6 Å². The second kappa shape index (κ2) is 9.87. The Labute approximate surface area is 169 Å². The molecule has 0 bridgehead atoms. The van der Waals surface area contributed by atoms with Crippen LogP contribution in [0.15, 0.2) is 23.2 Å². The van der Waals surface area contributed by atoms with E-state index < -0.39 is 0 Å². The van der Waals surface area contributed by atoms with Gasteiger partial charge in [0, 0.05) is 63.7 Å². The van der Waals surface area contributed by atoms with Crippen molar-refractivity contribution in [2.75, 3.05) is 52.9 Å². The van der Waals surface area contributed by atoms with Crippen LogP contribution in [-0.2, 0) is 4.74 Å². The molecule has 1 aliphatic heterocycles. The topological polar surface area (TPSA) is 67.4 Å². The Balaban J connectivity index is 1.94. The highest BCUT2D eigenvalue weighted by molar-refractivity contribution is 5.80. The lowest BCUT2D eigenvalue weighted by molar-refractivity contribution is 0.0205. The average molecular weight is 393 g/mol. The molecule has 0 amide bonds. The molecule has 0 aromatic heterocycles. The fraction of sp³-hybridized carbons (Fsp3) is 0.667. The van der Waals surface area contributed by atoms with E-state index in [0.717, 1.165) is 42.7 Å². The third-order valence-electron chi connectivity index (χ3n) is 5.16. The molecule has 0 aliphatic carbocycles. The van der Waals surface area contributed by atoms with Crippen molar-refractivity contribution in [2.45, 2.75) is 39.3 Å². The Morgan fingerprint density at radius 1 is 1.18 bits per heavy atom. The minimum absolute atomic E-state index is 0.0657. The molecule has 7 nitrogen and oxygen atoms in total. The van der Waals surface area contributed by atoms with Gasteiger partial charge in [0.15, 0.2) is 5.96 Å². The van der Waals surface area contributed by atoms with Crippen molar-refractivity contribution in [3.63, 3.8) is 0 Å². The van der Waals surface area contributed by atoms with E-state index in [2.05, 4.69) is 41.3 Å². The van der Waals surface area contributed by atoms with Crippen molar-refractivity contribution < 1.29 is 14.2 Å². The van der Waals surface area contributed by atoms with Crippen LogP contribution >= 0.6 is 0 Å². The summed E-state index contributed by atoms with van der Waals surface area (Å²) >= 11 is 0. The SMILES string of the molecule is CN=C(NCC(OC)C(C)(C)C)NC1CCN(c2cc(OC)cc(OC)c2)C1. The van der Waals surface area contributed by atoms with Crippen molar-refractivity contribution in [3.05, 3.63) is 18.2 Å². The Morgan fingerprint density at radius 3 is 2.32 bits per heavy atom. The molecule has 7 heteroatoms. The van der Waals surface area contributed by atoms with Crippen LogP contribution in [0.25, 0.3) is 0 Å². The highest BCUT2D eigenvalue weighted by Crippen LogP contribution is 2.30. The lowest BCUT2D eigenvalue weighted by Gasteiger charge is -2.30. The number of anilines is 1. The first kappa shape index (κ1) is 22.1. The molecule has 2 unspecified atom stereocenters. The second-order valence-corrected chi connectivity index (χ2v) is 8.19. The van der Waals surface area contributed by atoms with Crippen LogP contribution < -0.4 is 25.0 Å². The number of ether oxygens (including phenoxy) is 3. The number of nitrogens with zero attached hydrogens (tertiary/aromatic N) is 2. The smallest absolute Gasteiger partial charge is 0.191 e. The molecule has 158 valence electrons. The Bertz CT molecular complexity index is 635. The largest absolute Gasteiger partial charge is 0.497 e. The number of guanidine groups is 1. The van der Waals surface area contributed by atoms with Gasteiger partial charge in [0.25, 0.3) is 0 Å². The van der Waals surface area contributed by atoms with Crippen LogP contribution in [0.3, 0.4) is 0 Å². The summed E-state index contributed by atoms with van der Waals surface area (Å²) in [6, 6.07) is 6.30. The number of hydrogen-bond acceptors (Lipinski definition) is 5. The molecule has 1 aliphatic rings. The molecule has 2 atom stereocenters. The fourth-order valence-electron chi connectivity index (χ4n) is 3.41. The summed E-state index contributed by atoms with van der Waals surface area (Å²) in [5.74, 6) is 2.41. The van der Waals surface area contributed by atoms with Crippen molar-refractivity contribution in [2.24, 2.45) is 10.4 Å². The van der Waals surface area contributed by atoms with Crippen LogP contribution in [0, 0.1) is 5.41 Å². The zero-order chi connectivity index (χ0) is 20.7. The van der Waals surface area contributed by atoms with E-state index in [1.807, 2.05) is 18.2 Å². The molecule has 28 heavy (non-hydrogen) atoms. The summed E-state index contributed by atoms with van der Waals surface area (Å²) in [6.45, 7) is 9.10. The molecule has 1 aromatic carbocycles. The summed E-state index contributed by atoms with van der Waals surface area (Å²) in [5.41, 5.74) is 1.17. The predicted molar refractivity (Wildman–Crippen MR) is 115 cm³/mol. The second-order valence-electron chi connectivity index (χ2n) is 8.19. The zero-order valence-electron chi connectivity index (χ0n) is 18.3. The standard InChI is InChI=1S/C21H36N4O3/c1-21(2,3)19(28-7)13-23-20(22-4)24-15-8-9-25(14-15)16-10-17(26-5)12-18(11-16)27-6/h10-12,15,19H,8-9,13-14H2,1-7H3,(H2,22,23,24). The van der Waals surface area contributed by atoms with Gasteiger partial charge in [-0.05, 0) is 11.8 Å². The van der Waals surface area contributed by atoms with E-state index in [1.54, 1.807) is 28.4 Å². The first-order valence-electron chi connectivity index (χ1n) is 9.78. The van der Waals surface area contributed by atoms with Gasteiger partial charge in [0.1, 0.15) is 11.5 Å². The monoisotopic (exact) mass is 392 g/mol. The van der Waals surface area contributed by atoms with Gasteiger partial charge in [-0.2, -0.15) is 0 Å². The molecule has 1 saturated heterocycles. The van der Waals surface area contributed by atoms with Crippen LogP contribution in [0.5, 0.6) is 11.5 Å². The summed E-state index contributed by atoms with van der Waals surface area (Å²) in [7, 11) is 6.90. The van der Waals surface area contributed by atoms with E-state index >= 15 is 0 Å². The molecule has 2 N–H and O–H groups in total. The van der Waals surface area contributed by atoms with E-state index in [-0.39, 0.29) is 11.5 Å². The minimum Gasteiger partial charge on any atom is -0.497 e. The third kappa shape index (κ3) is 5.92. The van der Waals surface area contributed by atoms with Crippen molar-refractivity contribution in [1.82, 2.24) is 10.6 Å². The summed E-state index contributed by atoms with van der Waals surface area (Å²) in [6.07, 6.45) is 1.14. The number of aliphatic imine (C=N–C) groups is 1. The maximum Gasteiger partial charge on any atom is 0.191 e. The highest BCUT2D eigenvalue weighted by Gasteiger charge is 2.26. The summed E-state index contributed by atoms with van der Waals surface area (Å²) in [5, 5.41) is 6.93. The summed E-state index contributed by atoms with van der Waals surface area (Å²) in [4.78, 5) is 6.71. The molecule has 2 rings (SSSR count). The normalized spacial score (nSPS) is 18.8. The highest BCUT2D eigenvalue weighted by atomic mass is 16.5. The Kier molecular flexibility index (Phi) is 7.80. The first-order chi connectivity index (χ1) is 13.3. The van der Waals surface area contributed by atoms with Crippen molar-refractivity contribution >= 4 is 11.6 Å². The van der Waals surface area contributed by atoms with Crippen molar-refractivity contribution in [1.29, 1.82) is 0 Å². The van der Waals surface area contributed by atoms with Gasteiger partial charge in [-0.15, -0.1) is 0 Å². The molecule has 1 aromatic rings. The number of hydrogen-bond donors (Lipinski definition) is 2. The fourth-order valence-corrected chi connectivity index (χ4v) is 3.41. The Hall–Kier alpha value is -2.15. The Morgan fingerprint density at radius 2 is 1.82 bits per heavy atom. The molecule has 1 heterocycles. The summed E-state index contributed by atoms with van der Waals surface area (Å²) < 4.78 is 16.4. The molecule has 0 radical (unpaired) electrons. The number of benzene rings is 1. The van der Waals surface area contributed by atoms with E-state index in [9.17, 15) is 0 Å². The van der Waals surface area contributed by atoms with Gasteiger partial charge < -0.3 is 29.7 Å². The molecule has 0 spiro atoms. The number of nitrogens with one attached hydrogen (secondary N) is 2. The van der Waals surface area contributed by atoms with Crippen LogP contribution in [0.2, 0.25) is 0 Å². The number of methoxy groups -OCH3 is 3. The van der Waals surface area contributed by atoms with E-state index in [4.69, 9.17) is 14.2 Å². The minimum atomic E-state index is 0.0657. The van der Waals surface area contributed by atoms with Gasteiger partial charge >= 0.3 is 0 Å². The molecule has 0 saturated carbocycles. The van der Waals surface area contributed by atoms with Crippen LogP contribution in [-0.4, -0.2) is 66.1 Å². The van der Waals surface area contributed by atoms with Gasteiger partial charge in [0.05, 0.1) is 20.3 Å². The van der Waals surface area contributed by atoms with Gasteiger partial charge in [-0.3, -0.25) is 4.99 Å². The van der Waals surface area contributed by atoms with Gasteiger partial charge in [-0.25, -0.2) is 0 Å². The quantitative estimate of drug-likeness (QED) is 0.549. The molecule has 1 fully saturated rings. The number of rotatable bonds is 7. The van der Waals surface area contributed by atoms with Crippen molar-refractivity contribution in [3.8, 4) is 11.5 Å². The average Bonchev–Trinajstić information content (AvgIpc) is 3.14. The van der Waals surface area contributed by atoms with Crippen LogP contribution in [0.1, 0.15) is 27.2 Å². The first-order valence-corrected chi connectivity index (χ1v) is 9.78. The lowest BCUT2D eigenvalue weighted by atomic mass is 9.89. The lowest BCUT2D eigenvalue weighted by Crippen LogP contribution is -2.48. The van der Waals surface area contributed by atoms with E-state index in [1.165, 1.54) is 0 Å². The molecular weight excluding hydrogens is 356 g/mol. The molecular formula is C21H36N4O3. The third-order valence-corrected chi connectivity index (χ3v) is 5.16. The van der Waals surface area contributed by atoms with Crippen LogP contribution in [0.4, 0.5) is 5.69 Å². The van der Waals surface area contributed by atoms with Gasteiger partial charge in [-0.1, -0.05) is 20.8 Å².